The molecule has 0 saturated carbocycles. The zero-order valence-electron chi connectivity index (χ0n) is 7.59. The van der Waals surface area contributed by atoms with Crippen LogP contribution in [0.15, 0.2) is 10.5 Å². The minimum atomic E-state index is -0.438. The lowest BCUT2D eigenvalue weighted by Crippen LogP contribution is -2.05. The Hall–Kier alpha value is -1.69. The molecule has 1 rings (SSSR count). The summed E-state index contributed by atoms with van der Waals surface area (Å²) in [5.41, 5.74) is 0.438. The van der Waals surface area contributed by atoms with Crippen molar-refractivity contribution in [2.45, 2.75) is 13.8 Å². The molecule has 1 aromatic rings. The topological polar surface area (TPSA) is 39.4 Å². The van der Waals surface area contributed by atoms with Crippen LogP contribution in [0.3, 0.4) is 0 Å². The minimum Gasteiger partial charge on any atom is -0.466 e. The maximum absolute atomic E-state index is 11.3. The molecule has 0 amide bonds. The van der Waals surface area contributed by atoms with Gasteiger partial charge in [0.15, 0.2) is 6.61 Å². The molecule has 0 bridgehead atoms. The maximum atomic E-state index is 11.3. The standard InChI is InChI=1S/C10H10O3/c1-4-5-12-10(11)9-6-7(2)13-8(9)3/h1,6H,5H2,2-3H3. The number of esters is 1. The SMILES string of the molecule is C#CCOC(=O)c1cc(C)oc1C. The number of hydrogen-bond acceptors (Lipinski definition) is 3. The van der Waals surface area contributed by atoms with Crippen LogP contribution in [0.2, 0.25) is 0 Å². The van der Waals surface area contributed by atoms with Gasteiger partial charge in [-0.2, -0.15) is 0 Å². The molecular formula is C10H10O3. The van der Waals surface area contributed by atoms with Gasteiger partial charge in [0.05, 0.1) is 0 Å². The fourth-order valence-electron chi connectivity index (χ4n) is 1.02. The van der Waals surface area contributed by atoms with Gasteiger partial charge in [-0.1, -0.05) is 5.92 Å². The maximum Gasteiger partial charge on any atom is 0.342 e. The van der Waals surface area contributed by atoms with Gasteiger partial charge in [0.2, 0.25) is 0 Å². The van der Waals surface area contributed by atoms with E-state index in [0.29, 0.717) is 17.1 Å². The molecule has 0 aliphatic rings. The van der Waals surface area contributed by atoms with Crippen LogP contribution < -0.4 is 0 Å². The molecule has 13 heavy (non-hydrogen) atoms. The molecule has 0 saturated heterocycles. The summed E-state index contributed by atoms with van der Waals surface area (Å²) in [4.78, 5) is 11.3. The Bertz CT molecular complexity index is 355. The molecule has 1 heterocycles. The van der Waals surface area contributed by atoms with Crippen LogP contribution >= 0.6 is 0 Å². The van der Waals surface area contributed by atoms with Crippen molar-refractivity contribution in [3.8, 4) is 12.3 Å². The van der Waals surface area contributed by atoms with E-state index in [0.717, 1.165) is 0 Å². The van der Waals surface area contributed by atoms with Gasteiger partial charge in [-0.3, -0.25) is 0 Å². The molecule has 0 radical (unpaired) electrons. The van der Waals surface area contributed by atoms with Crippen molar-refractivity contribution in [3.63, 3.8) is 0 Å². The van der Waals surface area contributed by atoms with E-state index >= 15 is 0 Å². The Kier molecular flexibility index (Phi) is 2.76. The van der Waals surface area contributed by atoms with Crippen LogP contribution in [0, 0.1) is 26.2 Å². The molecular weight excluding hydrogens is 168 g/mol. The minimum absolute atomic E-state index is 0.0114. The second kappa shape index (κ2) is 3.81. The first-order chi connectivity index (χ1) is 6.15. The van der Waals surface area contributed by atoms with Crippen LogP contribution in [-0.2, 0) is 4.74 Å². The highest BCUT2D eigenvalue weighted by Crippen LogP contribution is 2.14. The van der Waals surface area contributed by atoms with E-state index in [-0.39, 0.29) is 6.61 Å². The van der Waals surface area contributed by atoms with E-state index in [1.54, 1.807) is 19.9 Å². The highest BCUT2D eigenvalue weighted by atomic mass is 16.5. The number of hydrogen-bond donors (Lipinski definition) is 0. The zero-order chi connectivity index (χ0) is 9.84. The number of aryl methyl sites for hydroxylation is 2. The molecule has 0 aromatic carbocycles. The highest BCUT2D eigenvalue weighted by Gasteiger charge is 2.13. The van der Waals surface area contributed by atoms with Crippen molar-refractivity contribution in [2.24, 2.45) is 0 Å². The first kappa shape index (κ1) is 9.40. The predicted molar refractivity (Wildman–Crippen MR) is 47.3 cm³/mol. The summed E-state index contributed by atoms with van der Waals surface area (Å²) >= 11 is 0. The first-order valence-electron chi connectivity index (χ1n) is 3.82. The van der Waals surface area contributed by atoms with Gasteiger partial charge < -0.3 is 9.15 Å². The van der Waals surface area contributed by atoms with E-state index in [2.05, 4.69) is 5.92 Å². The molecule has 0 atom stereocenters. The van der Waals surface area contributed by atoms with Gasteiger partial charge in [-0.15, -0.1) is 6.42 Å². The van der Waals surface area contributed by atoms with Gasteiger partial charge in [0.25, 0.3) is 0 Å². The van der Waals surface area contributed by atoms with Crippen LogP contribution in [0.5, 0.6) is 0 Å². The summed E-state index contributed by atoms with van der Waals surface area (Å²) < 4.78 is 9.90. The van der Waals surface area contributed by atoms with Crippen LogP contribution in [0.4, 0.5) is 0 Å². The van der Waals surface area contributed by atoms with E-state index in [1.807, 2.05) is 0 Å². The van der Waals surface area contributed by atoms with Crippen molar-refractivity contribution in [2.75, 3.05) is 6.61 Å². The Morgan fingerprint density at radius 2 is 2.38 bits per heavy atom. The predicted octanol–water partition coefficient (Wildman–Crippen LogP) is 1.69. The zero-order valence-corrected chi connectivity index (χ0v) is 7.59. The fourth-order valence-corrected chi connectivity index (χ4v) is 1.02. The van der Waals surface area contributed by atoms with E-state index in [1.165, 1.54) is 0 Å². The molecule has 0 spiro atoms. The van der Waals surface area contributed by atoms with Crippen molar-refractivity contribution in [1.29, 1.82) is 0 Å². The third-order valence-electron chi connectivity index (χ3n) is 1.55. The molecule has 3 nitrogen and oxygen atoms in total. The van der Waals surface area contributed by atoms with E-state index in [4.69, 9.17) is 15.6 Å². The quantitative estimate of drug-likeness (QED) is 0.511. The number of carbonyl (C=O) groups is 1. The summed E-state index contributed by atoms with van der Waals surface area (Å²) in [7, 11) is 0. The first-order valence-corrected chi connectivity index (χ1v) is 3.82. The molecule has 3 heteroatoms. The monoisotopic (exact) mass is 178 g/mol. The lowest BCUT2D eigenvalue weighted by Gasteiger charge is -1.97. The van der Waals surface area contributed by atoms with Gasteiger partial charge in [-0.25, -0.2) is 4.79 Å². The van der Waals surface area contributed by atoms with Crippen molar-refractivity contribution in [3.05, 3.63) is 23.2 Å². The van der Waals surface area contributed by atoms with Gasteiger partial charge >= 0.3 is 5.97 Å². The van der Waals surface area contributed by atoms with E-state index in [9.17, 15) is 4.79 Å². The van der Waals surface area contributed by atoms with Crippen molar-refractivity contribution in [1.82, 2.24) is 0 Å². The average Bonchev–Trinajstić information content (AvgIpc) is 2.41. The van der Waals surface area contributed by atoms with Gasteiger partial charge in [-0.05, 0) is 19.9 Å². The molecule has 0 aliphatic heterocycles. The summed E-state index contributed by atoms with van der Waals surface area (Å²) in [6.07, 6.45) is 4.95. The van der Waals surface area contributed by atoms with Crippen LogP contribution in [0.1, 0.15) is 21.9 Å². The van der Waals surface area contributed by atoms with Crippen LogP contribution in [0.25, 0.3) is 0 Å². The fraction of sp³-hybridized carbons (Fsp3) is 0.300. The molecule has 68 valence electrons. The Balaban J connectivity index is 2.78. The average molecular weight is 178 g/mol. The molecule has 0 fully saturated rings. The summed E-state index contributed by atoms with van der Waals surface area (Å²) in [6, 6.07) is 1.63. The lowest BCUT2D eigenvalue weighted by molar-refractivity contribution is 0.0555. The third-order valence-corrected chi connectivity index (χ3v) is 1.55. The van der Waals surface area contributed by atoms with Crippen molar-refractivity contribution >= 4 is 5.97 Å². The number of carbonyl (C=O) groups excluding carboxylic acids is 1. The summed E-state index contributed by atoms with van der Waals surface area (Å²) in [6.45, 7) is 3.47. The molecule has 0 N–H and O–H groups in total. The molecule has 1 aromatic heterocycles. The normalized spacial score (nSPS) is 9.31. The van der Waals surface area contributed by atoms with Gasteiger partial charge in [0.1, 0.15) is 17.1 Å². The van der Waals surface area contributed by atoms with Gasteiger partial charge in [0, 0.05) is 0 Å². The third kappa shape index (κ3) is 2.12. The Morgan fingerprint density at radius 1 is 1.69 bits per heavy atom. The second-order valence-electron chi connectivity index (χ2n) is 2.61. The number of furan rings is 1. The Morgan fingerprint density at radius 3 is 2.85 bits per heavy atom. The molecule has 0 aliphatic carbocycles. The number of terminal acetylenes is 1. The number of ether oxygens (including phenoxy) is 1. The lowest BCUT2D eigenvalue weighted by atomic mass is 10.2. The largest absolute Gasteiger partial charge is 0.466 e. The summed E-state index contributed by atoms with van der Waals surface area (Å²) in [5.74, 6) is 3.02. The highest BCUT2D eigenvalue weighted by molar-refractivity contribution is 5.90. The van der Waals surface area contributed by atoms with Crippen LogP contribution in [-0.4, -0.2) is 12.6 Å². The second-order valence-corrected chi connectivity index (χ2v) is 2.61. The van der Waals surface area contributed by atoms with Crippen molar-refractivity contribution < 1.29 is 13.9 Å². The summed E-state index contributed by atoms with van der Waals surface area (Å²) in [5, 5.41) is 0. The Labute approximate surface area is 76.7 Å². The number of rotatable bonds is 2. The molecule has 0 unspecified atom stereocenters. The van der Waals surface area contributed by atoms with E-state index < -0.39 is 5.97 Å². The smallest absolute Gasteiger partial charge is 0.342 e.